The summed E-state index contributed by atoms with van der Waals surface area (Å²) in [5.41, 5.74) is 0. The van der Waals surface area contributed by atoms with E-state index in [0.717, 1.165) is 6.42 Å². The molecule has 0 aliphatic carbocycles. The molecule has 0 rings (SSSR count). The van der Waals surface area contributed by atoms with E-state index in [1.165, 1.54) is 0 Å². The molecule has 3 heteroatoms. The van der Waals surface area contributed by atoms with E-state index in [4.69, 9.17) is 15.3 Å². The van der Waals surface area contributed by atoms with Gasteiger partial charge in [-0.2, -0.15) is 0 Å². The molecule has 0 aromatic heterocycles. The van der Waals surface area contributed by atoms with Crippen LogP contribution in [-0.2, 0) is 0 Å². The monoisotopic (exact) mass is 150 g/mol. The summed E-state index contributed by atoms with van der Waals surface area (Å²) in [6.45, 7) is 5.35. The lowest BCUT2D eigenvalue weighted by Gasteiger charge is -1.94. The average Bonchev–Trinajstić information content (AvgIpc) is 1.62. The largest absolute Gasteiger partial charge is 0.394 e. The van der Waals surface area contributed by atoms with E-state index in [2.05, 4.69) is 0 Å². The standard InChI is InChI=1S/C4H10O2.C3H8O/c1-2-3-4(5)6;1-3(2)4/h4-6H,2-3H2,1H3;3-4H,1-2H3. The fourth-order valence-electron chi connectivity index (χ4n) is 0.258. The lowest BCUT2D eigenvalue weighted by molar-refractivity contribution is -0.0453. The lowest BCUT2D eigenvalue weighted by Crippen LogP contribution is -2.01. The SMILES string of the molecule is CC(C)O.CCCC(O)O. The third-order valence-electron chi connectivity index (χ3n) is 0.547. The van der Waals surface area contributed by atoms with Gasteiger partial charge in [-0.15, -0.1) is 0 Å². The van der Waals surface area contributed by atoms with Crippen molar-refractivity contribution >= 4 is 0 Å². The Hall–Kier alpha value is -0.120. The zero-order valence-electron chi connectivity index (χ0n) is 6.91. The third kappa shape index (κ3) is 45.0. The van der Waals surface area contributed by atoms with Gasteiger partial charge in [0.1, 0.15) is 0 Å². The normalized spacial score (nSPS) is 9.60. The van der Waals surface area contributed by atoms with Gasteiger partial charge in [-0.05, 0) is 20.3 Å². The summed E-state index contributed by atoms with van der Waals surface area (Å²) in [5, 5.41) is 24.3. The van der Waals surface area contributed by atoms with E-state index >= 15 is 0 Å². The minimum absolute atomic E-state index is 0.167. The molecule has 64 valence electrons. The van der Waals surface area contributed by atoms with Gasteiger partial charge in [-0.3, -0.25) is 0 Å². The van der Waals surface area contributed by atoms with E-state index in [-0.39, 0.29) is 6.10 Å². The smallest absolute Gasteiger partial charge is 0.151 e. The summed E-state index contributed by atoms with van der Waals surface area (Å²) in [6.07, 6.45) is 0.0486. The van der Waals surface area contributed by atoms with Crippen LogP contribution in [0.15, 0.2) is 0 Å². The van der Waals surface area contributed by atoms with E-state index in [0.29, 0.717) is 6.42 Å². The summed E-state index contributed by atoms with van der Waals surface area (Å²) < 4.78 is 0. The molecule has 0 aliphatic rings. The van der Waals surface area contributed by atoms with Crippen LogP contribution in [0.1, 0.15) is 33.6 Å². The van der Waals surface area contributed by atoms with Crippen LogP contribution < -0.4 is 0 Å². The van der Waals surface area contributed by atoms with E-state index in [1.54, 1.807) is 13.8 Å². The molecule has 0 aliphatic heterocycles. The maximum atomic E-state index is 8.11. The molecule has 0 bridgehead atoms. The van der Waals surface area contributed by atoms with Gasteiger partial charge >= 0.3 is 0 Å². The predicted octanol–water partition coefficient (Wildman–Crippen LogP) is 0.484. The van der Waals surface area contributed by atoms with Crippen LogP contribution in [0.25, 0.3) is 0 Å². The molecule has 10 heavy (non-hydrogen) atoms. The first-order valence-electron chi connectivity index (χ1n) is 3.54. The van der Waals surface area contributed by atoms with E-state index in [9.17, 15) is 0 Å². The van der Waals surface area contributed by atoms with Crippen molar-refractivity contribution < 1.29 is 15.3 Å². The molecule has 0 aromatic carbocycles. The van der Waals surface area contributed by atoms with Crippen molar-refractivity contribution in [1.82, 2.24) is 0 Å². The van der Waals surface area contributed by atoms with Gasteiger partial charge in [0.2, 0.25) is 0 Å². The Balaban J connectivity index is 0. The van der Waals surface area contributed by atoms with Gasteiger partial charge in [0.25, 0.3) is 0 Å². The van der Waals surface area contributed by atoms with Crippen LogP contribution in [-0.4, -0.2) is 27.7 Å². The highest BCUT2D eigenvalue weighted by Crippen LogP contribution is 1.88. The van der Waals surface area contributed by atoms with Crippen molar-refractivity contribution in [2.45, 2.75) is 46.0 Å². The third-order valence-corrected chi connectivity index (χ3v) is 0.547. The highest BCUT2D eigenvalue weighted by molar-refractivity contribution is 4.31. The van der Waals surface area contributed by atoms with Crippen LogP contribution in [0.3, 0.4) is 0 Å². The maximum Gasteiger partial charge on any atom is 0.151 e. The van der Waals surface area contributed by atoms with Crippen LogP contribution in [0.2, 0.25) is 0 Å². The van der Waals surface area contributed by atoms with Crippen molar-refractivity contribution in [3.63, 3.8) is 0 Å². The molecule has 0 radical (unpaired) electrons. The second-order valence-electron chi connectivity index (χ2n) is 2.36. The molecule has 0 spiro atoms. The fourth-order valence-corrected chi connectivity index (χ4v) is 0.258. The van der Waals surface area contributed by atoms with Gasteiger partial charge in [-0.1, -0.05) is 13.3 Å². The molecule has 0 saturated heterocycles. The molecule has 0 atom stereocenters. The van der Waals surface area contributed by atoms with Crippen LogP contribution in [0.5, 0.6) is 0 Å². The lowest BCUT2D eigenvalue weighted by atomic mass is 10.3. The first-order valence-corrected chi connectivity index (χ1v) is 3.54. The second kappa shape index (κ2) is 8.88. The summed E-state index contributed by atoms with van der Waals surface area (Å²) in [7, 11) is 0. The van der Waals surface area contributed by atoms with Crippen molar-refractivity contribution in [3.05, 3.63) is 0 Å². The number of rotatable bonds is 2. The zero-order valence-corrected chi connectivity index (χ0v) is 6.91. The Morgan fingerprint density at radius 2 is 1.40 bits per heavy atom. The highest BCUT2D eigenvalue weighted by atomic mass is 16.5. The number of aliphatic hydroxyl groups excluding tert-OH is 2. The number of hydrogen-bond donors (Lipinski definition) is 3. The van der Waals surface area contributed by atoms with Gasteiger partial charge in [-0.25, -0.2) is 0 Å². The highest BCUT2D eigenvalue weighted by Gasteiger charge is 1.89. The molecule has 0 saturated carbocycles. The molecule has 0 aromatic rings. The molecule has 0 amide bonds. The fraction of sp³-hybridized carbons (Fsp3) is 1.00. The zero-order chi connectivity index (χ0) is 8.57. The number of aliphatic hydroxyl groups is 3. The van der Waals surface area contributed by atoms with E-state index < -0.39 is 6.29 Å². The van der Waals surface area contributed by atoms with Gasteiger partial charge < -0.3 is 15.3 Å². The Kier molecular flexibility index (Phi) is 11.1. The van der Waals surface area contributed by atoms with Crippen molar-refractivity contribution in [1.29, 1.82) is 0 Å². The van der Waals surface area contributed by atoms with Crippen molar-refractivity contribution in [2.75, 3.05) is 0 Å². The molecule has 3 nitrogen and oxygen atoms in total. The minimum Gasteiger partial charge on any atom is -0.394 e. The first kappa shape index (κ1) is 12.5. The van der Waals surface area contributed by atoms with Crippen molar-refractivity contribution in [2.24, 2.45) is 0 Å². The first-order chi connectivity index (χ1) is 4.50. The second-order valence-corrected chi connectivity index (χ2v) is 2.36. The Morgan fingerprint density at radius 3 is 1.40 bits per heavy atom. The molecular formula is C7H18O3. The van der Waals surface area contributed by atoms with Crippen LogP contribution in [0, 0.1) is 0 Å². The maximum absolute atomic E-state index is 8.11. The topological polar surface area (TPSA) is 60.7 Å². The van der Waals surface area contributed by atoms with E-state index in [1.807, 2.05) is 6.92 Å². The molecule has 0 unspecified atom stereocenters. The van der Waals surface area contributed by atoms with Gasteiger partial charge in [0.15, 0.2) is 6.29 Å². The van der Waals surface area contributed by atoms with Crippen LogP contribution >= 0.6 is 0 Å². The quantitative estimate of drug-likeness (QED) is 0.502. The minimum atomic E-state index is -1.10. The summed E-state index contributed by atoms with van der Waals surface area (Å²) in [5.74, 6) is 0. The van der Waals surface area contributed by atoms with Gasteiger partial charge in [0, 0.05) is 6.10 Å². The Bertz CT molecular complexity index is 50.1. The summed E-state index contributed by atoms with van der Waals surface area (Å²) in [4.78, 5) is 0. The molecule has 0 heterocycles. The van der Waals surface area contributed by atoms with Crippen molar-refractivity contribution in [3.8, 4) is 0 Å². The molecule has 3 N–H and O–H groups in total. The Morgan fingerprint density at radius 1 is 1.10 bits per heavy atom. The predicted molar refractivity (Wildman–Crippen MR) is 40.5 cm³/mol. The molecule has 0 fully saturated rings. The molecular weight excluding hydrogens is 132 g/mol. The number of hydrogen-bond acceptors (Lipinski definition) is 3. The average molecular weight is 150 g/mol. The summed E-state index contributed by atoms with van der Waals surface area (Å²) >= 11 is 0. The van der Waals surface area contributed by atoms with Crippen LogP contribution in [0.4, 0.5) is 0 Å². The van der Waals surface area contributed by atoms with Gasteiger partial charge in [0.05, 0.1) is 0 Å². The Labute approximate surface area is 62.3 Å². The summed E-state index contributed by atoms with van der Waals surface area (Å²) in [6, 6.07) is 0.